The summed E-state index contributed by atoms with van der Waals surface area (Å²) < 4.78 is 0. The molecule has 1 aromatic carbocycles. The lowest BCUT2D eigenvalue weighted by molar-refractivity contribution is -0.116. The second kappa shape index (κ2) is 9.44. The molecule has 0 unspecified atom stereocenters. The number of carbonyl (C=O) groups is 1. The van der Waals surface area contributed by atoms with E-state index in [4.69, 9.17) is 23.1 Å². The Morgan fingerprint density at radius 3 is 2.71 bits per heavy atom. The zero-order valence-electron chi connectivity index (χ0n) is 12.3. The summed E-state index contributed by atoms with van der Waals surface area (Å²) in [5, 5.41) is 11.7. The average Bonchev–Trinajstić information content (AvgIpc) is 2.47. The number of nitrogens with zero attached hydrogens (tertiary/aromatic N) is 1. The van der Waals surface area contributed by atoms with Crippen LogP contribution < -0.4 is 11.1 Å². The molecule has 21 heavy (non-hydrogen) atoms. The molecule has 0 bridgehead atoms. The quantitative estimate of drug-likeness (QED) is 0.600. The van der Waals surface area contributed by atoms with Crippen molar-refractivity contribution in [2.45, 2.75) is 19.8 Å². The van der Waals surface area contributed by atoms with Crippen molar-refractivity contribution in [2.24, 2.45) is 5.73 Å². The molecule has 1 aromatic rings. The van der Waals surface area contributed by atoms with Gasteiger partial charge in [-0.15, -0.1) is 0 Å². The number of thiocarbonyl (C=S) groups is 1. The molecule has 0 spiro atoms. The van der Waals surface area contributed by atoms with Gasteiger partial charge in [0.05, 0.1) is 5.69 Å². The van der Waals surface area contributed by atoms with E-state index in [1.165, 1.54) is 0 Å². The SMILES string of the molecule is CCN(CCCO)CCC(=O)Nc1ccccc1C(N)=S. The van der Waals surface area contributed by atoms with Gasteiger partial charge in [0.25, 0.3) is 0 Å². The molecule has 0 aliphatic carbocycles. The van der Waals surface area contributed by atoms with Gasteiger partial charge in [-0.2, -0.15) is 0 Å². The molecule has 0 aliphatic heterocycles. The number of hydrogen-bond acceptors (Lipinski definition) is 4. The summed E-state index contributed by atoms with van der Waals surface area (Å²) in [6.07, 6.45) is 1.12. The predicted molar refractivity (Wildman–Crippen MR) is 89.4 cm³/mol. The zero-order chi connectivity index (χ0) is 15.7. The molecule has 6 heteroatoms. The van der Waals surface area contributed by atoms with Crippen molar-refractivity contribution in [1.82, 2.24) is 4.90 Å². The molecule has 0 aromatic heterocycles. The van der Waals surface area contributed by atoms with Gasteiger partial charge in [-0.05, 0) is 25.1 Å². The van der Waals surface area contributed by atoms with Crippen LogP contribution in [0.4, 0.5) is 5.69 Å². The van der Waals surface area contributed by atoms with Crippen molar-refractivity contribution < 1.29 is 9.90 Å². The first-order valence-corrected chi connectivity index (χ1v) is 7.51. The van der Waals surface area contributed by atoms with Gasteiger partial charge in [-0.3, -0.25) is 4.79 Å². The highest BCUT2D eigenvalue weighted by Gasteiger charge is 2.10. The summed E-state index contributed by atoms with van der Waals surface area (Å²) >= 11 is 4.97. The van der Waals surface area contributed by atoms with E-state index >= 15 is 0 Å². The fourth-order valence-electron chi connectivity index (χ4n) is 2.00. The van der Waals surface area contributed by atoms with Crippen LogP contribution in [0.15, 0.2) is 24.3 Å². The van der Waals surface area contributed by atoms with E-state index in [1.807, 2.05) is 19.1 Å². The highest BCUT2D eigenvalue weighted by atomic mass is 32.1. The fraction of sp³-hybridized carbons (Fsp3) is 0.467. The van der Waals surface area contributed by atoms with Crippen molar-refractivity contribution in [1.29, 1.82) is 0 Å². The lowest BCUT2D eigenvalue weighted by Crippen LogP contribution is -2.29. The van der Waals surface area contributed by atoms with E-state index in [-0.39, 0.29) is 17.5 Å². The minimum absolute atomic E-state index is 0.0684. The molecule has 0 atom stereocenters. The first-order chi connectivity index (χ1) is 10.1. The molecule has 0 aliphatic rings. The van der Waals surface area contributed by atoms with Crippen LogP contribution in [0, 0.1) is 0 Å². The van der Waals surface area contributed by atoms with Gasteiger partial charge in [0.1, 0.15) is 4.99 Å². The first kappa shape index (κ1) is 17.6. The Labute approximate surface area is 131 Å². The third-order valence-electron chi connectivity index (χ3n) is 3.20. The van der Waals surface area contributed by atoms with Crippen molar-refractivity contribution in [3.05, 3.63) is 29.8 Å². The van der Waals surface area contributed by atoms with Crippen LogP contribution in [0.1, 0.15) is 25.3 Å². The average molecular weight is 309 g/mol. The predicted octanol–water partition coefficient (Wildman–Crippen LogP) is 1.35. The Morgan fingerprint density at radius 2 is 2.10 bits per heavy atom. The summed E-state index contributed by atoms with van der Waals surface area (Å²) in [6, 6.07) is 7.24. The maximum Gasteiger partial charge on any atom is 0.225 e. The molecule has 0 saturated carbocycles. The number of para-hydroxylation sites is 1. The molecule has 116 valence electrons. The van der Waals surface area contributed by atoms with Crippen molar-refractivity contribution in [3.63, 3.8) is 0 Å². The first-order valence-electron chi connectivity index (χ1n) is 7.10. The van der Waals surface area contributed by atoms with Gasteiger partial charge in [0.2, 0.25) is 5.91 Å². The van der Waals surface area contributed by atoms with Crippen molar-refractivity contribution >= 4 is 28.8 Å². The van der Waals surface area contributed by atoms with Crippen molar-refractivity contribution in [3.8, 4) is 0 Å². The van der Waals surface area contributed by atoms with Crippen LogP contribution in [0.2, 0.25) is 0 Å². The number of amides is 1. The number of aliphatic hydroxyl groups excluding tert-OH is 1. The fourth-order valence-corrected chi connectivity index (χ4v) is 2.18. The smallest absolute Gasteiger partial charge is 0.225 e. The minimum Gasteiger partial charge on any atom is -0.396 e. The molecule has 0 saturated heterocycles. The van der Waals surface area contributed by atoms with E-state index in [0.717, 1.165) is 19.5 Å². The van der Waals surface area contributed by atoms with Gasteiger partial charge >= 0.3 is 0 Å². The molecule has 5 nitrogen and oxygen atoms in total. The number of carbonyl (C=O) groups excluding carboxylic acids is 1. The largest absolute Gasteiger partial charge is 0.396 e. The zero-order valence-corrected chi connectivity index (χ0v) is 13.2. The van der Waals surface area contributed by atoms with Gasteiger partial charge in [-0.25, -0.2) is 0 Å². The van der Waals surface area contributed by atoms with Crippen LogP contribution in [-0.4, -0.2) is 47.1 Å². The second-order valence-corrected chi connectivity index (χ2v) is 5.16. The molecule has 1 amide bonds. The molecule has 0 heterocycles. The lowest BCUT2D eigenvalue weighted by atomic mass is 10.1. The monoisotopic (exact) mass is 309 g/mol. The number of aliphatic hydroxyl groups is 1. The minimum atomic E-state index is -0.0684. The van der Waals surface area contributed by atoms with Crippen LogP contribution in [-0.2, 0) is 4.79 Å². The Kier molecular flexibility index (Phi) is 7.89. The third-order valence-corrected chi connectivity index (χ3v) is 3.42. The number of nitrogens with two attached hydrogens (primary N) is 1. The van der Waals surface area contributed by atoms with Crippen LogP contribution >= 0.6 is 12.2 Å². The van der Waals surface area contributed by atoms with Crippen molar-refractivity contribution in [2.75, 3.05) is 31.6 Å². The maximum atomic E-state index is 12.0. The summed E-state index contributed by atoms with van der Waals surface area (Å²) in [6.45, 7) is 4.53. The Hall–Kier alpha value is -1.50. The number of hydrogen-bond donors (Lipinski definition) is 3. The van der Waals surface area contributed by atoms with Gasteiger partial charge in [0.15, 0.2) is 0 Å². The second-order valence-electron chi connectivity index (χ2n) is 4.72. The van der Waals surface area contributed by atoms with Crippen LogP contribution in [0.3, 0.4) is 0 Å². The molecular formula is C15H23N3O2S. The molecule has 4 N–H and O–H groups in total. The van der Waals surface area contributed by atoms with E-state index in [0.29, 0.717) is 24.2 Å². The summed E-state index contributed by atoms with van der Waals surface area (Å²) in [4.78, 5) is 14.4. The van der Waals surface area contributed by atoms with Gasteiger partial charge < -0.3 is 21.1 Å². The Morgan fingerprint density at radius 1 is 1.38 bits per heavy atom. The van der Waals surface area contributed by atoms with E-state index in [1.54, 1.807) is 12.1 Å². The topological polar surface area (TPSA) is 78.6 Å². The number of rotatable bonds is 9. The van der Waals surface area contributed by atoms with E-state index in [2.05, 4.69) is 10.2 Å². The normalized spacial score (nSPS) is 10.6. The highest BCUT2D eigenvalue weighted by molar-refractivity contribution is 7.80. The Bertz CT molecular complexity index is 480. The lowest BCUT2D eigenvalue weighted by Gasteiger charge is -2.19. The number of benzene rings is 1. The molecule has 0 fully saturated rings. The molecular weight excluding hydrogens is 286 g/mol. The van der Waals surface area contributed by atoms with Gasteiger partial charge in [0, 0.05) is 31.7 Å². The van der Waals surface area contributed by atoms with Crippen LogP contribution in [0.5, 0.6) is 0 Å². The van der Waals surface area contributed by atoms with Crippen LogP contribution in [0.25, 0.3) is 0 Å². The Balaban J connectivity index is 2.52. The standard InChI is InChI=1S/C15H23N3O2S/c1-2-18(9-5-11-19)10-8-14(20)17-13-7-4-3-6-12(13)15(16)21/h3-4,6-7,19H,2,5,8-11H2,1H3,(H2,16,21)(H,17,20). The number of nitrogens with one attached hydrogen (secondary N) is 1. The summed E-state index contributed by atoms with van der Waals surface area (Å²) in [5.74, 6) is -0.0684. The maximum absolute atomic E-state index is 12.0. The molecule has 0 radical (unpaired) electrons. The third kappa shape index (κ3) is 6.20. The van der Waals surface area contributed by atoms with Gasteiger partial charge in [-0.1, -0.05) is 31.3 Å². The summed E-state index contributed by atoms with van der Waals surface area (Å²) in [7, 11) is 0. The van der Waals surface area contributed by atoms with E-state index < -0.39 is 0 Å². The number of anilines is 1. The highest BCUT2D eigenvalue weighted by Crippen LogP contribution is 2.15. The molecule has 1 rings (SSSR count). The van der Waals surface area contributed by atoms with E-state index in [9.17, 15) is 4.79 Å². The summed E-state index contributed by atoms with van der Waals surface area (Å²) in [5.41, 5.74) is 6.96.